The van der Waals surface area contributed by atoms with Crippen molar-refractivity contribution in [2.45, 2.75) is 6.42 Å². The summed E-state index contributed by atoms with van der Waals surface area (Å²) in [6.07, 6.45) is 1.99. The zero-order valence-corrected chi connectivity index (χ0v) is 6.20. The molecule has 3 heteroatoms. The Morgan fingerprint density at radius 3 is 3.40 bits per heavy atom. The van der Waals surface area contributed by atoms with Crippen LogP contribution in [0.2, 0.25) is 0 Å². The van der Waals surface area contributed by atoms with E-state index in [0.717, 1.165) is 29.8 Å². The van der Waals surface area contributed by atoms with E-state index in [1.807, 2.05) is 0 Å². The number of anilines is 1. The summed E-state index contributed by atoms with van der Waals surface area (Å²) in [7, 11) is 0. The Hall–Kier alpha value is -0.830. The van der Waals surface area contributed by atoms with Crippen molar-refractivity contribution in [3.8, 4) is 0 Å². The molecule has 0 saturated heterocycles. The lowest BCUT2D eigenvalue weighted by molar-refractivity contribution is 0.112. The number of hydrogen-bond donors (Lipinski definition) is 1. The van der Waals surface area contributed by atoms with Crippen molar-refractivity contribution in [2.75, 3.05) is 11.9 Å². The largest absolute Gasteiger partial charge is 0.383 e. The standard InChI is InChI=1S/C7H7NOS/c9-3-6-7-5(4-10-6)1-2-8-7/h3-4,8H,1-2H2. The molecule has 0 saturated carbocycles. The first-order chi connectivity index (χ1) is 4.92. The molecule has 1 aliphatic heterocycles. The number of carbonyl (C=O) groups is 1. The maximum Gasteiger partial charge on any atom is 0.162 e. The van der Waals surface area contributed by atoms with E-state index in [4.69, 9.17) is 0 Å². The van der Waals surface area contributed by atoms with Gasteiger partial charge >= 0.3 is 0 Å². The van der Waals surface area contributed by atoms with Gasteiger partial charge in [0.05, 0.1) is 10.6 Å². The van der Waals surface area contributed by atoms with Crippen LogP contribution in [0.4, 0.5) is 5.69 Å². The summed E-state index contributed by atoms with van der Waals surface area (Å²) in [4.78, 5) is 11.2. The minimum absolute atomic E-state index is 0.840. The highest BCUT2D eigenvalue weighted by molar-refractivity contribution is 7.12. The molecule has 2 nitrogen and oxygen atoms in total. The summed E-state index contributed by atoms with van der Waals surface area (Å²) in [5.41, 5.74) is 2.37. The summed E-state index contributed by atoms with van der Waals surface area (Å²) >= 11 is 1.52. The molecular weight excluding hydrogens is 146 g/mol. The molecule has 0 spiro atoms. The molecule has 1 aromatic rings. The third kappa shape index (κ3) is 0.671. The fourth-order valence-electron chi connectivity index (χ4n) is 1.20. The van der Waals surface area contributed by atoms with Crippen LogP contribution in [0, 0.1) is 0 Å². The van der Waals surface area contributed by atoms with Gasteiger partial charge in [-0.15, -0.1) is 11.3 Å². The fourth-order valence-corrected chi connectivity index (χ4v) is 2.09. The second-order valence-corrected chi connectivity index (χ2v) is 3.21. The molecule has 0 fully saturated rings. The van der Waals surface area contributed by atoms with E-state index >= 15 is 0 Å². The van der Waals surface area contributed by atoms with E-state index < -0.39 is 0 Å². The molecule has 1 aromatic heterocycles. The number of rotatable bonds is 1. The molecule has 52 valence electrons. The molecule has 0 bridgehead atoms. The predicted molar refractivity (Wildman–Crippen MR) is 41.9 cm³/mol. The van der Waals surface area contributed by atoms with Gasteiger partial charge < -0.3 is 5.32 Å². The van der Waals surface area contributed by atoms with E-state index in [2.05, 4.69) is 10.7 Å². The van der Waals surface area contributed by atoms with Crippen molar-refractivity contribution in [3.05, 3.63) is 15.8 Å². The Bertz CT molecular complexity index is 267. The summed E-state index contributed by atoms with van der Waals surface area (Å²) in [6, 6.07) is 0. The first-order valence-electron chi connectivity index (χ1n) is 3.21. The van der Waals surface area contributed by atoms with Crippen LogP contribution < -0.4 is 5.32 Å². The van der Waals surface area contributed by atoms with Crippen LogP contribution in [-0.4, -0.2) is 12.8 Å². The maximum absolute atomic E-state index is 10.4. The molecule has 0 unspecified atom stereocenters. The zero-order chi connectivity index (χ0) is 6.97. The molecule has 0 amide bonds. The second kappa shape index (κ2) is 2.09. The van der Waals surface area contributed by atoms with Gasteiger partial charge in [0, 0.05) is 6.54 Å². The van der Waals surface area contributed by atoms with Crippen molar-refractivity contribution in [1.29, 1.82) is 0 Å². The zero-order valence-electron chi connectivity index (χ0n) is 5.39. The average Bonchev–Trinajstić information content (AvgIpc) is 2.44. The Morgan fingerprint density at radius 2 is 2.60 bits per heavy atom. The van der Waals surface area contributed by atoms with Crippen LogP contribution >= 0.6 is 11.3 Å². The lowest BCUT2D eigenvalue weighted by Crippen LogP contribution is -1.93. The Labute approximate surface area is 62.9 Å². The van der Waals surface area contributed by atoms with E-state index in [1.165, 1.54) is 16.9 Å². The first kappa shape index (κ1) is 5.92. The van der Waals surface area contributed by atoms with Crippen molar-refractivity contribution < 1.29 is 4.79 Å². The Morgan fingerprint density at radius 1 is 1.70 bits per heavy atom. The molecule has 2 heterocycles. The monoisotopic (exact) mass is 153 g/mol. The molecule has 0 atom stereocenters. The highest BCUT2D eigenvalue weighted by atomic mass is 32.1. The number of carbonyl (C=O) groups excluding carboxylic acids is 1. The van der Waals surface area contributed by atoms with Crippen molar-refractivity contribution in [2.24, 2.45) is 0 Å². The molecule has 0 aliphatic carbocycles. The van der Waals surface area contributed by atoms with Gasteiger partial charge in [0.25, 0.3) is 0 Å². The van der Waals surface area contributed by atoms with E-state index in [-0.39, 0.29) is 0 Å². The highest BCUT2D eigenvalue weighted by Gasteiger charge is 2.15. The third-order valence-corrected chi connectivity index (χ3v) is 2.66. The van der Waals surface area contributed by atoms with Gasteiger partial charge in [-0.2, -0.15) is 0 Å². The third-order valence-electron chi connectivity index (χ3n) is 1.70. The summed E-state index contributed by atoms with van der Waals surface area (Å²) in [5, 5.41) is 5.23. The molecule has 2 rings (SSSR count). The normalized spacial score (nSPS) is 14.4. The van der Waals surface area contributed by atoms with Crippen LogP contribution in [0.1, 0.15) is 15.2 Å². The van der Waals surface area contributed by atoms with Crippen molar-refractivity contribution in [3.63, 3.8) is 0 Å². The molecular formula is C7H7NOS. The van der Waals surface area contributed by atoms with Gasteiger partial charge in [-0.25, -0.2) is 0 Å². The molecule has 0 radical (unpaired) electrons. The van der Waals surface area contributed by atoms with Crippen LogP contribution in [0.25, 0.3) is 0 Å². The van der Waals surface area contributed by atoms with Gasteiger partial charge in [-0.3, -0.25) is 4.79 Å². The van der Waals surface area contributed by atoms with Gasteiger partial charge in [0.15, 0.2) is 6.29 Å². The van der Waals surface area contributed by atoms with Crippen LogP contribution in [0.3, 0.4) is 0 Å². The number of fused-ring (bicyclic) bond motifs is 1. The number of hydrogen-bond acceptors (Lipinski definition) is 3. The Kier molecular flexibility index (Phi) is 1.24. The van der Waals surface area contributed by atoms with Gasteiger partial charge in [-0.05, 0) is 17.4 Å². The van der Waals surface area contributed by atoms with Gasteiger partial charge in [0.1, 0.15) is 0 Å². The van der Waals surface area contributed by atoms with Crippen LogP contribution in [0.15, 0.2) is 5.38 Å². The van der Waals surface area contributed by atoms with E-state index in [9.17, 15) is 4.79 Å². The second-order valence-electron chi connectivity index (χ2n) is 2.29. The Balaban J connectivity index is 2.53. The lowest BCUT2D eigenvalue weighted by atomic mass is 10.2. The summed E-state index contributed by atoms with van der Waals surface area (Å²) in [5.74, 6) is 0. The lowest BCUT2D eigenvalue weighted by Gasteiger charge is -1.91. The van der Waals surface area contributed by atoms with Gasteiger partial charge in [0.2, 0.25) is 0 Å². The summed E-state index contributed by atoms with van der Waals surface area (Å²) in [6.45, 7) is 0.985. The topological polar surface area (TPSA) is 29.1 Å². The predicted octanol–water partition coefficient (Wildman–Crippen LogP) is 1.53. The molecule has 1 aliphatic rings. The highest BCUT2D eigenvalue weighted by Crippen LogP contribution is 2.30. The molecule has 0 aromatic carbocycles. The summed E-state index contributed by atoms with van der Waals surface area (Å²) < 4.78 is 0. The number of aldehydes is 1. The van der Waals surface area contributed by atoms with Gasteiger partial charge in [-0.1, -0.05) is 0 Å². The fraction of sp³-hybridized carbons (Fsp3) is 0.286. The quantitative estimate of drug-likeness (QED) is 0.620. The van der Waals surface area contributed by atoms with E-state index in [0.29, 0.717) is 0 Å². The first-order valence-corrected chi connectivity index (χ1v) is 4.09. The van der Waals surface area contributed by atoms with Crippen molar-refractivity contribution in [1.82, 2.24) is 0 Å². The maximum atomic E-state index is 10.4. The van der Waals surface area contributed by atoms with E-state index in [1.54, 1.807) is 0 Å². The molecule has 1 N–H and O–H groups in total. The van der Waals surface area contributed by atoms with Crippen molar-refractivity contribution >= 4 is 23.3 Å². The minimum atomic E-state index is 0.840. The van der Waals surface area contributed by atoms with Crippen LogP contribution in [0.5, 0.6) is 0 Å². The SMILES string of the molecule is O=Cc1scc2c1NCC2. The average molecular weight is 153 g/mol. The smallest absolute Gasteiger partial charge is 0.162 e. The number of nitrogens with one attached hydrogen (secondary N) is 1. The number of thiophene rings is 1. The minimum Gasteiger partial charge on any atom is -0.383 e. The molecule has 10 heavy (non-hydrogen) atoms. The van der Waals surface area contributed by atoms with Crippen LogP contribution in [-0.2, 0) is 6.42 Å².